The van der Waals surface area contributed by atoms with Crippen LogP contribution < -0.4 is 5.32 Å². The monoisotopic (exact) mass is 464 g/mol. The summed E-state index contributed by atoms with van der Waals surface area (Å²) in [5, 5.41) is 4.41. The van der Waals surface area contributed by atoms with Crippen molar-refractivity contribution >= 4 is 39.4 Å². The van der Waals surface area contributed by atoms with Crippen molar-refractivity contribution in [1.29, 1.82) is 0 Å². The third-order valence-electron chi connectivity index (χ3n) is 5.50. The molecule has 2 unspecified atom stereocenters. The number of H-pyrrole nitrogens is 1. The molecular formula is C21H26ClFN6OS. The minimum atomic E-state index is -1.00. The van der Waals surface area contributed by atoms with Crippen molar-refractivity contribution in [2.45, 2.75) is 45.1 Å². The van der Waals surface area contributed by atoms with Crippen LogP contribution in [0.2, 0.25) is 5.02 Å². The van der Waals surface area contributed by atoms with Crippen LogP contribution in [0.4, 0.5) is 10.2 Å². The van der Waals surface area contributed by atoms with E-state index in [2.05, 4.69) is 36.5 Å². The number of hydrogen-bond donors (Lipinski definition) is 2. The molecule has 4 rings (SSSR count). The second kappa shape index (κ2) is 10.0. The Kier molecular flexibility index (Phi) is 7.14. The summed E-state index contributed by atoms with van der Waals surface area (Å²) in [6, 6.07) is 1.86. The van der Waals surface area contributed by atoms with Crippen molar-refractivity contribution in [2.24, 2.45) is 0 Å². The van der Waals surface area contributed by atoms with Crippen molar-refractivity contribution in [1.82, 2.24) is 24.2 Å². The topological polar surface area (TPSA) is 86.8 Å². The minimum Gasteiger partial charge on any atom is -0.366 e. The van der Waals surface area contributed by atoms with E-state index in [1.807, 2.05) is 0 Å². The lowest BCUT2D eigenvalue weighted by atomic mass is 10.1. The minimum absolute atomic E-state index is 0.0837. The first-order valence-electron chi connectivity index (χ1n) is 10.6. The molecule has 1 aliphatic rings. The van der Waals surface area contributed by atoms with Crippen LogP contribution in [0.5, 0.6) is 0 Å². The lowest BCUT2D eigenvalue weighted by molar-refractivity contribution is 0.273. The zero-order valence-electron chi connectivity index (χ0n) is 17.4. The average molecular weight is 465 g/mol. The number of unbranched alkanes of at least 4 members (excludes halogenated alkanes) is 1. The van der Waals surface area contributed by atoms with Crippen LogP contribution >= 0.6 is 11.6 Å². The van der Waals surface area contributed by atoms with E-state index in [1.54, 1.807) is 18.5 Å². The number of halogens is 2. The first-order valence-corrected chi connectivity index (χ1v) is 12.3. The van der Waals surface area contributed by atoms with Gasteiger partial charge in [-0.25, -0.2) is 27.9 Å². The Labute approximate surface area is 188 Å². The van der Waals surface area contributed by atoms with Crippen LogP contribution in [0, 0.1) is 5.82 Å². The van der Waals surface area contributed by atoms with Gasteiger partial charge in [-0.1, -0.05) is 31.4 Å². The Balaban J connectivity index is 1.52. The number of fused-ring (bicyclic) bond motifs is 1. The molecule has 0 aliphatic carbocycles. The highest BCUT2D eigenvalue weighted by molar-refractivity contribution is 7.82. The highest BCUT2D eigenvalue weighted by Gasteiger charge is 2.27. The fourth-order valence-corrected chi connectivity index (χ4v) is 5.60. The molecule has 0 radical (unpaired) electrons. The van der Waals surface area contributed by atoms with Crippen molar-refractivity contribution in [3.8, 4) is 11.4 Å². The van der Waals surface area contributed by atoms with Gasteiger partial charge in [0.15, 0.2) is 17.5 Å². The molecule has 0 spiro atoms. The zero-order valence-corrected chi connectivity index (χ0v) is 19.0. The number of nitrogens with zero attached hydrogens (tertiary/aromatic N) is 4. The lowest BCUT2D eigenvalue weighted by Crippen LogP contribution is -2.45. The number of aromatic nitrogens is 4. The maximum atomic E-state index is 14.5. The summed E-state index contributed by atoms with van der Waals surface area (Å²) in [5.41, 5.74) is 1.36. The van der Waals surface area contributed by atoms with E-state index in [0.717, 1.165) is 44.0 Å². The standard InChI is InChI=1S/C21H26ClFN6OS/c1-2-3-8-31(30)29-7-5-4-6-15(29)11-25-21-18(23)13-27-20(28-21)17-12-26-19-16(17)9-14(22)10-24-19/h9-10,12-13,15H,2-8,11H2,1H3,(H,24,26)(H,25,27,28). The summed E-state index contributed by atoms with van der Waals surface area (Å²) in [5.74, 6) is 0.676. The third kappa shape index (κ3) is 5.05. The number of anilines is 1. The van der Waals surface area contributed by atoms with Crippen LogP contribution in [0.15, 0.2) is 24.7 Å². The van der Waals surface area contributed by atoms with Crippen LogP contribution in [-0.4, -0.2) is 53.3 Å². The maximum Gasteiger partial charge on any atom is 0.183 e. The molecule has 3 aromatic rings. The van der Waals surface area contributed by atoms with Gasteiger partial charge in [0.1, 0.15) is 5.65 Å². The van der Waals surface area contributed by atoms with Gasteiger partial charge in [0, 0.05) is 48.2 Å². The molecule has 0 amide bonds. The molecule has 166 valence electrons. The molecule has 1 aliphatic heterocycles. The number of rotatable bonds is 8. The average Bonchev–Trinajstić information content (AvgIpc) is 3.20. The summed E-state index contributed by atoms with van der Waals surface area (Å²) in [6.45, 7) is 3.38. The molecule has 3 aromatic heterocycles. The molecule has 0 bridgehead atoms. The third-order valence-corrected chi connectivity index (χ3v) is 7.34. The van der Waals surface area contributed by atoms with Gasteiger partial charge >= 0.3 is 0 Å². The second-order valence-corrected chi connectivity index (χ2v) is 9.65. The molecule has 7 nitrogen and oxygen atoms in total. The molecule has 4 heterocycles. The number of aromatic amines is 1. The van der Waals surface area contributed by atoms with E-state index in [4.69, 9.17) is 11.6 Å². The largest absolute Gasteiger partial charge is 0.366 e. The SMILES string of the molecule is CCCCS(=O)N1CCCCC1CNc1nc(-c2c[nH]c3ncc(Cl)cc23)ncc1F. The Morgan fingerprint density at radius 1 is 1.35 bits per heavy atom. The normalized spacial score (nSPS) is 18.4. The molecule has 0 saturated carbocycles. The highest BCUT2D eigenvalue weighted by Crippen LogP contribution is 2.28. The first-order chi connectivity index (χ1) is 15.1. The second-order valence-electron chi connectivity index (χ2n) is 7.69. The van der Waals surface area contributed by atoms with Gasteiger partial charge in [-0.05, 0) is 25.3 Å². The van der Waals surface area contributed by atoms with Gasteiger partial charge in [-0.15, -0.1) is 0 Å². The van der Waals surface area contributed by atoms with Gasteiger partial charge in [-0.2, -0.15) is 0 Å². The number of hydrogen-bond acceptors (Lipinski definition) is 5. The first kappa shape index (κ1) is 22.1. The van der Waals surface area contributed by atoms with Crippen molar-refractivity contribution in [3.63, 3.8) is 0 Å². The Bertz CT molecular complexity index is 1080. The van der Waals surface area contributed by atoms with Gasteiger partial charge in [-0.3, -0.25) is 0 Å². The quantitative estimate of drug-likeness (QED) is 0.511. The number of pyridine rings is 1. The summed E-state index contributed by atoms with van der Waals surface area (Å²) in [4.78, 5) is 15.9. The summed E-state index contributed by atoms with van der Waals surface area (Å²) in [6.07, 6.45) is 9.47. The molecular weight excluding hydrogens is 439 g/mol. The Morgan fingerprint density at radius 3 is 3.06 bits per heavy atom. The Morgan fingerprint density at radius 2 is 2.23 bits per heavy atom. The van der Waals surface area contributed by atoms with E-state index in [9.17, 15) is 8.60 Å². The van der Waals surface area contributed by atoms with Crippen LogP contribution in [0.25, 0.3) is 22.4 Å². The van der Waals surface area contributed by atoms with Gasteiger partial charge < -0.3 is 10.3 Å². The summed E-state index contributed by atoms with van der Waals surface area (Å²) < 4.78 is 29.2. The van der Waals surface area contributed by atoms with E-state index in [0.29, 0.717) is 34.4 Å². The molecule has 31 heavy (non-hydrogen) atoms. The smallest absolute Gasteiger partial charge is 0.183 e. The predicted octanol–water partition coefficient (Wildman–Crippen LogP) is 4.54. The Hall–Kier alpha value is -2.10. The van der Waals surface area contributed by atoms with Gasteiger partial charge in [0.25, 0.3) is 0 Å². The fourth-order valence-electron chi connectivity index (χ4n) is 3.83. The number of nitrogens with one attached hydrogen (secondary N) is 2. The van der Waals surface area contributed by atoms with Crippen molar-refractivity contribution < 1.29 is 8.60 Å². The van der Waals surface area contributed by atoms with E-state index in [-0.39, 0.29) is 11.9 Å². The molecule has 2 atom stereocenters. The van der Waals surface area contributed by atoms with Crippen LogP contribution in [0.3, 0.4) is 0 Å². The highest BCUT2D eigenvalue weighted by atomic mass is 35.5. The van der Waals surface area contributed by atoms with Gasteiger partial charge in [0.2, 0.25) is 0 Å². The fraction of sp³-hybridized carbons (Fsp3) is 0.476. The predicted molar refractivity (Wildman–Crippen MR) is 123 cm³/mol. The zero-order chi connectivity index (χ0) is 21.8. The lowest BCUT2D eigenvalue weighted by Gasteiger charge is -2.34. The molecule has 1 fully saturated rings. The van der Waals surface area contributed by atoms with E-state index < -0.39 is 16.8 Å². The van der Waals surface area contributed by atoms with Crippen LogP contribution in [-0.2, 0) is 11.0 Å². The molecule has 2 N–H and O–H groups in total. The van der Waals surface area contributed by atoms with Gasteiger partial charge in [0.05, 0.1) is 22.2 Å². The van der Waals surface area contributed by atoms with E-state index in [1.165, 1.54) is 6.20 Å². The maximum absolute atomic E-state index is 14.5. The molecule has 10 heteroatoms. The van der Waals surface area contributed by atoms with Crippen LogP contribution in [0.1, 0.15) is 39.0 Å². The van der Waals surface area contributed by atoms with Crippen molar-refractivity contribution in [3.05, 3.63) is 35.5 Å². The van der Waals surface area contributed by atoms with E-state index >= 15 is 0 Å². The van der Waals surface area contributed by atoms with Crippen molar-refractivity contribution in [2.75, 3.05) is 24.2 Å². The summed E-state index contributed by atoms with van der Waals surface area (Å²) in [7, 11) is -1.00. The molecule has 1 saturated heterocycles. The summed E-state index contributed by atoms with van der Waals surface area (Å²) >= 11 is 6.08. The molecule has 0 aromatic carbocycles. The number of piperidine rings is 1.